The average molecular weight is 1500 g/mol. The van der Waals surface area contributed by atoms with Gasteiger partial charge in [-0.25, -0.2) is 9.13 Å². The van der Waals surface area contributed by atoms with Gasteiger partial charge in [0.05, 0.1) is 26.4 Å². The number of allylic oxidation sites excluding steroid dienone is 20. The van der Waals surface area contributed by atoms with E-state index in [-0.39, 0.29) is 25.7 Å². The number of esters is 4. The average Bonchev–Trinajstić information content (AvgIpc) is 0.943. The molecule has 0 fully saturated rings. The highest BCUT2D eigenvalue weighted by Crippen LogP contribution is 2.45. The van der Waals surface area contributed by atoms with Crippen LogP contribution in [0.1, 0.15) is 336 Å². The normalized spacial score (nSPS) is 14.5. The summed E-state index contributed by atoms with van der Waals surface area (Å²) in [6, 6.07) is 0. The zero-order chi connectivity index (χ0) is 76.0. The lowest BCUT2D eigenvalue weighted by atomic mass is 10.1. The number of rotatable bonds is 76. The molecule has 0 saturated heterocycles. The molecule has 0 amide bonds. The van der Waals surface area contributed by atoms with Crippen LogP contribution in [-0.4, -0.2) is 96.7 Å². The van der Waals surface area contributed by atoms with Gasteiger partial charge in [0, 0.05) is 25.7 Å². The lowest BCUT2D eigenvalue weighted by molar-refractivity contribution is -0.161. The Morgan fingerprint density at radius 1 is 0.279 bits per heavy atom. The third kappa shape index (κ3) is 75.7. The maximum absolute atomic E-state index is 13.1. The highest BCUT2D eigenvalue weighted by Gasteiger charge is 2.30. The van der Waals surface area contributed by atoms with Crippen LogP contribution in [0.4, 0.5) is 0 Å². The van der Waals surface area contributed by atoms with Gasteiger partial charge in [-0.05, 0) is 148 Å². The van der Waals surface area contributed by atoms with E-state index in [1.54, 1.807) is 0 Å². The van der Waals surface area contributed by atoms with Crippen LogP contribution in [0.5, 0.6) is 0 Å². The number of unbranched alkanes of at least 4 members (excludes halogenated alkanes) is 30. The minimum atomic E-state index is -5.00. The van der Waals surface area contributed by atoms with E-state index in [0.29, 0.717) is 32.1 Å². The van der Waals surface area contributed by atoms with Crippen molar-refractivity contribution in [2.75, 3.05) is 39.6 Å². The fraction of sp³-hybridized carbons (Fsp3) is 0.718. The number of aliphatic hydroxyl groups excluding tert-OH is 1. The highest BCUT2D eigenvalue weighted by atomic mass is 31.2. The first-order chi connectivity index (χ1) is 50.7. The van der Waals surface area contributed by atoms with E-state index in [2.05, 4.69) is 131 Å². The van der Waals surface area contributed by atoms with Gasteiger partial charge in [-0.15, -0.1) is 0 Å². The molecule has 0 aliphatic carbocycles. The quantitative estimate of drug-likeness (QED) is 0.0169. The second-order valence-corrected chi connectivity index (χ2v) is 29.9. The van der Waals surface area contributed by atoms with Crippen LogP contribution in [0.3, 0.4) is 0 Å². The van der Waals surface area contributed by atoms with Crippen molar-refractivity contribution in [1.29, 1.82) is 0 Å². The van der Waals surface area contributed by atoms with Crippen molar-refractivity contribution in [3.8, 4) is 0 Å². The van der Waals surface area contributed by atoms with Gasteiger partial charge in [0.1, 0.15) is 19.3 Å². The van der Waals surface area contributed by atoms with Gasteiger partial charge in [0.2, 0.25) is 0 Å². The Bertz CT molecular complexity index is 2440. The molecule has 0 aliphatic rings. The number of phosphoric acid groups is 2. The summed E-state index contributed by atoms with van der Waals surface area (Å²) in [6.07, 6.45) is 84.7. The zero-order valence-corrected chi connectivity index (χ0v) is 67.2. The van der Waals surface area contributed by atoms with Crippen LogP contribution >= 0.6 is 15.6 Å². The minimum absolute atomic E-state index is 0.0329. The Morgan fingerprint density at radius 2 is 0.519 bits per heavy atom. The van der Waals surface area contributed by atoms with Crippen molar-refractivity contribution in [2.24, 2.45) is 0 Å². The number of phosphoric ester groups is 2. The molecule has 0 radical (unpaired) electrons. The Kier molecular flexibility index (Phi) is 73.3. The lowest BCUT2D eigenvalue weighted by Crippen LogP contribution is -2.30. The molecule has 17 nitrogen and oxygen atoms in total. The van der Waals surface area contributed by atoms with Gasteiger partial charge in [-0.3, -0.25) is 37.3 Å². The monoisotopic (exact) mass is 1500 g/mol. The molecule has 598 valence electrons. The van der Waals surface area contributed by atoms with E-state index in [0.717, 1.165) is 161 Å². The van der Waals surface area contributed by atoms with E-state index in [4.69, 9.17) is 37.0 Å². The predicted octanol–water partition coefficient (Wildman–Crippen LogP) is 23.9. The molecule has 0 bridgehead atoms. The van der Waals surface area contributed by atoms with Crippen molar-refractivity contribution in [3.05, 3.63) is 122 Å². The van der Waals surface area contributed by atoms with Gasteiger partial charge in [0.15, 0.2) is 12.2 Å². The molecular weight excluding hydrogens is 1350 g/mol. The summed E-state index contributed by atoms with van der Waals surface area (Å²) in [7, 11) is -9.99. The number of hydrogen-bond acceptors (Lipinski definition) is 15. The smallest absolute Gasteiger partial charge is 0.462 e. The van der Waals surface area contributed by atoms with Crippen LogP contribution in [0.2, 0.25) is 0 Å². The van der Waals surface area contributed by atoms with Crippen LogP contribution in [0.15, 0.2) is 122 Å². The summed E-state index contributed by atoms with van der Waals surface area (Å²) in [5.41, 5.74) is 0. The van der Waals surface area contributed by atoms with E-state index >= 15 is 0 Å². The Hall–Kier alpha value is -4.54. The Morgan fingerprint density at radius 3 is 0.865 bits per heavy atom. The molecule has 0 spiro atoms. The summed E-state index contributed by atoms with van der Waals surface area (Å²) in [5, 5.41) is 10.6. The lowest BCUT2D eigenvalue weighted by Gasteiger charge is -2.21. The molecule has 2 unspecified atom stereocenters. The Balaban J connectivity index is 5.45. The molecule has 0 saturated carbocycles. The highest BCUT2D eigenvalue weighted by molar-refractivity contribution is 7.47. The van der Waals surface area contributed by atoms with E-state index in [9.17, 15) is 43.2 Å². The van der Waals surface area contributed by atoms with Gasteiger partial charge in [0.25, 0.3) is 0 Å². The van der Waals surface area contributed by atoms with Crippen molar-refractivity contribution in [1.82, 2.24) is 0 Å². The maximum atomic E-state index is 13.1. The molecule has 3 N–H and O–H groups in total. The van der Waals surface area contributed by atoms with E-state index in [1.165, 1.54) is 89.9 Å². The third-order valence-corrected chi connectivity index (χ3v) is 18.8. The first-order valence-electron chi connectivity index (χ1n) is 40.8. The first-order valence-corrected chi connectivity index (χ1v) is 43.8. The van der Waals surface area contributed by atoms with E-state index < -0.39 is 97.5 Å². The number of ether oxygens (including phenoxy) is 4. The van der Waals surface area contributed by atoms with Crippen LogP contribution in [0.25, 0.3) is 0 Å². The van der Waals surface area contributed by atoms with Crippen molar-refractivity contribution in [3.63, 3.8) is 0 Å². The van der Waals surface area contributed by atoms with Crippen molar-refractivity contribution >= 4 is 39.5 Å². The summed E-state index contributed by atoms with van der Waals surface area (Å²) < 4.78 is 68.6. The number of carbonyl (C=O) groups excluding carboxylic acids is 4. The second-order valence-electron chi connectivity index (χ2n) is 27.0. The number of hydrogen-bond donors (Lipinski definition) is 3. The Labute approximate surface area is 632 Å². The molecule has 0 aromatic heterocycles. The predicted molar refractivity (Wildman–Crippen MR) is 427 cm³/mol. The maximum Gasteiger partial charge on any atom is 0.472 e. The number of carbonyl (C=O) groups is 4. The van der Waals surface area contributed by atoms with Gasteiger partial charge in [-0.2, -0.15) is 0 Å². The fourth-order valence-electron chi connectivity index (χ4n) is 10.7. The molecule has 19 heteroatoms. The molecular formula is C85H146O17P2. The molecule has 5 atom stereocenters. The standard InChI is InChI=1S/C85H146O17P2/c1-5-9-13-17-21-25-29-33-37-38-39-40-44-48-52-56-60-64-68-72-85(90)102-81(76-96-83(88)70-66-62-58-54-50-46-42-35-31-27-23-19-15-11-7-3)78-100-104(93,94)98-74-79(86)73-97-103(91,92)99-77-80(101-84(89)71-67-63-59-55-51-47-43-36-32-28-24-20-16-12-8-4)75-95-82(87)69-65-61-57-53-49-45-41-34-30-26-22-18-14-10-6-2/h9,13,21,24-25,27-28,31,33-34,36-37,39-41,43,48,52,60,64,79-81,86H,5-8,10-12,14-20,22-23,26,29-30,32,35,38,42,44-47,49-51,53-59,61-63,65-78H2,1-4H3,(H,91,92)(H,93,94)/b13-9-,25-21-,28-24-,31-27-,37-33-,40-39-,41-34-,43-36-,52-48-,64-60-/t79-,80-,81-/m1/s1. The van der Waals surface area contributed by atoms with Gasteiger partial charge < -0.3 is 33.8 Å². The molecule has 0 rings (SSSR count). The largest absolute Gasteiger partial charge is 0.472 e. The van der Waals surface area contributed by atoms with Crippen molar-refractivity contribution in [2.45, 2.75) is 354 Å². The zero-order valence-electron chi connectivity index (χ0n) is 65.4. The topological polar surface area (TPSA) is 237 Å². The second kappa shape index (κ2) is 76.6. The molecule has 104 heavy (non-hydrogen) atoms. The first kappa shape index (κ1) is 99.5. The van der Waals surface area contributed by atoms with Crippen LogP contribution in [-0.2, 0) is 65.4 Å². The minimum Gasteiger partial charge on any atom is -0.462 e. The number of aliphatic hydroxyl groups is 1. The van der Waals surface area contributed by atoms with Gasteiger partial charge >= 0.3 is 39.5 Å². The van der Waals surface area contributed by atoms with Crippen LogP contribution < -0.4 is 0 Å². The fourth-order valence-corrected chi connectivity index (χ4v) is 12.3. The SMILES string of the molecule is CC/C=C\C/C=C\C/C=C\C/C=C\C/C=C\C/C=C\CCC(=O)O[C@H](COC(=O)CCCCCCCCC/C=C\CCCCCC)COP(=O)(O)OC[C@H](O)COP(=O)(O)OC[C@@H](COC(=O)CCCCCCC/C=C\CCCCCCCC)OC(=O)CCCCCCC/C=C\C/C=C\CCCCC. The third-order valence-electron chi connectivity index (χ3n) is 16.9. The van der Waals surface area contributed by atoms with Crippen LogP contribution in [0, 0.1) is 0 Å². The molecule has 0 aliphatic heterocycles. The van der Waals surface area contributed by atoms with Crippen molar-refractivity contribution < 1.29 is 80.2 Å². The summed E-state index contributed by atoms with van der Waals surface area (Å²) in [5.74, 6) is -2.29. The molecule has 0 heterocycles. The summed E-state index contributed by atoms with van der Waals surface area (Å²) in [4.78, 5) is 73.0. The summed E-state index contributed by atoms with van der Waals surface area (Å²) >= 11 is 0. The van der Waals surface area contributed by atoms with E-state index in [1.807, 2.05) is 18.2 Å². The van der Waals surface area contributed by atoms with Gasteiger partial charge in [-0.1, -0.05) is 284 Å². The summed E-state index contributed by atoms with van der Waals surface area (Å²) in [6.45, 7) is 4.63. The molecule has 0 aromatic carbocycles. The molecule has 0 aromatic rings.